The van der Waals surface area contributed by atoms with Gasteiger partial charge in [-0.1, -0.05) is 12.1 Å². The van der Waals surface area contributed by atoms with E-state index in [1.165, 1.54) is 0 Å². The maximum atomic E-state index is 11.5. The molecular weight excluding hydrogens is 206 g/mol. The van der Waals surface area contributed by atoms with Gasteiger partial charge in [0, 0.05) is 19.2 Å². The Bertz CT molecular complexity index is 298. The number of aryl methyl sites for hydroxylation is 1. The number of rotatable bonds is 7. The van der Waals surface area contributed by atoms with Crippen LogP contribution in [0.5, 0.6) is 0 Å². The zero-order chi connectivity index (χ0) is 11.8. The van der Waals surface area contributed by atoms with Gasteiger partial charge in [0.15, 0.2) is 0 Å². The van der Waals surface area contributed by atoms with Crippen molar-refractivity contribution in [3.05, 3.63) is 12.4 Å². The number of carbonyl (C=O) groups is 1. The summed E-state index contributed by atoms with van der Waals surface area (Å²) in [5, 5.41) is 13.4. The third-order valence-corrected chi connectivity index (χ3v) is 2.24. The third-order valence-electron chi connectivity index (χ3n) is 2.24. The van der Waals surface area contributed by atoms with Gasteiger partial charge in [-0.05, 0) is 19.5 Å². The van der Waals surface area contributed by atoms with Crippen molar-refractivity contribution < 1.29 is 4.79 Å². The standard InChI is InChI=1S/C10H19N5O/c1-9(7-11-2)8-12-10(16)3-5-15-6-4-13-14-15/h4,6,9,11H,3,5,7-8H2,1-2H3,(H,12,16). The fourth-order valence-electron chi connectivity index (χ4n) is 1.37. The van der Waals surface area contributed by atoms with Gasteiger partial charge in [-0.3, -0.25) is 9.48 Å². The molecule has 0 saturated carbocycles. The molecule has 0 bridgehead atoms. The van der Waals surface area contributed by atoms with Gasteiger partial charge in [0.05, 0.1) is 12.7 Å². The Balaban J connectivity index is 2.11. The molecule has 6 nitrogen and oxygen atoms in total. The van der Waals surface area contributed by atoms with E-state index in [1.807, 2.05) is 7.05 Å². The molecule has 2 N–H and O–H groups in total. The van der Waals surface area contributed by atoms with Crippen LogP contribution in [0.3, 0.4) is 0 Å². The van der Waals surface area contributed by atoms with Crippen molar-refractivity contribution in [1.82, 2.24) is 25.6 Å². The molecule has 0 aliphatic carbocycles. The van der Waals surface area contributed by atoms with E-state index < -0.39 is 0 Å². The average molecular weight is 225 g/mol. The van der Waals surface area contributed by atoms with Crippen LogP contribution in [0, 0.1) is 5.92 Å². The van der Waals surface area contributed by atoms with Crippen LogP contribution in [-0.4, -0.2) is 41.0 Å². The van der Waals surface area contributed by atoms with E-state index >= 15 is 0 Å². The number of nitrogens with one attached hydrogen (secondary N) is 2. The lowest BCUT2D eigenvalue weighted by Gasteiger charge is -2.11. The molecule has 0 fully saturated rings. The number of amides is 1. The van der Waals surface area contributed by atoms with Crippen LogP contribution < -0.4 is 10.6 Å². The van der Waals surface area contributed by atoms with Crippen LogP contribution in [0.2, 0.25) is 0 Å². The first-order chi connectivity index (χ1) is 7.72. The molecule has 90 valence electrons. The second-order valence-electron chi connectivity index (χ2n) is 3.88. The Morgan fingerprint density at radius 3 is 2.94 bits per heavy atom. The number of aromatic nitrogens is 3. The molecule has 1 amide bonds. The lowest BCUT2D eigenvalue weighted by atomic mass is 10.2. The maximum Gasteiger partial charge on any atom is 0.221 e. The first-order valence-electron chi connectivity index (χ1n) is 5.47. The minimum absolute atomic E-state index is 0.0541. The third kappa shape index (κ3) is 4.88. The first-order valence-corrected chi connectivity index (χ1v) is 5.47. The highest BCUT2D eigenvalue weighted by molar-refractivity contribution is 5.75. The summed E-state index contributed by atoms with van der Waals surface area (Å²) in [4.78, 5) is 11.5. The second kappa shape index (κ2) is 6.95. The summed E-state index contributed by atoms with van der Waals surface area (Å²) in [6.45, 7) is 4.28. The molecule has 0 aromatic carbocycles. The van der Waals surface area contributed by atoms with E-state index in [2.05, 4.69) is 27.9 Å². The molecule has 16 heavy (non-hydrogen) atoms. The summed E-state index contributed by atoms with van der Waals surface area (Å²) in [5.41, 5.74) is 0. The van der Waals surface area contributed by atoms with Crippen LogP contribution >= 0.6 is 0 Å². The van der Waals surface area contributed by atoms with Crippen LogP contribution in [0.1, 0.15) is 13.3 Å². The van der Waals surface area contributed by atoms with Crippen LogP contribution in [0.25, 0.3) is 0 Å². The van der Waals surface area contributed by atoms with Gasteiger partial charge < -0.3 is 10.6 Å². The van der Waals surface area contributed by atoms with E-state index in [1.54, 1.807) is 17.1 Å². The van der Waals surface area contributed by atoms with E-state index in [-0.39, 0.29) is 5.91 Å². The van der Waals surface area contributed by atoms with Gasteiger partial charge >= 0.3 is 0 Å². The minimum Gasteiger partial charge on any atom is -0.356 e. The lowest BCUT2D eigenvalue weighted by Crippen LogP contribution is -2.32. The molecular formula is C10H19N5O. The van der Waals surface area contributed by atoms with Crippen molar-refractivity contribution in [3.8, 4) is 0 Å². The topological polar surface area (TPSA) is 71.8 Å². The van der Waals surface area contributed by atoms with Crippen LogP contribution in [0.4, 0.5) is 0 Å². The molecule has 0 saturated heterocycles. The average Bonchev–Trinajstić information content (AvgIpc) is 2.77. The summed E-state index contributed by atoms with van der Waals surface area (Å²) in [6, 6.07) is 0. The SMILES string of the molecule is CNCC(C)CNC(=O)CCn1ccnn1. The highest BCUT2D eigenvalue weighted by atomic mass is 16.1. The highest BCUT2D eigenvalue weighted by Gasteiger charge is 2.05. The minimum atomic E-state index is 0.0541. The molecule has 6 heteroatoms. The smallest absolute Gasteiger partial charge is 0.221 e. The van der Waals surface area contributed by atoms with Crippen molar-refractivity contribution in [2.24, 2.45) is 5.92 Å². The fourth-order valence-corrected chi connectivity index (χ4v) is 1.37. The van der Waals surface area contributed by atoms with E-state index in [0.717, 1.165) is 6.54 Å². The van der Waals surface area contributed by atoms with Crippen molar-refractivity contribution in [2.45, 2.75) is 19.9 Å². The monoisotopic (exact) mass is 225 g/mol. The number of carbonyl (C=O) groups excluding carboxylic acids is 1. The van der Waals surface area contributed by atoms with Gasteiger partial charge in [0.2, 0.25) is 5.91 Å². The maximum absolute atomic E-state index is 11.5. The lowest BCUT2D eigenvalue weighted by molar-refractivity contribution is -0.121. The molecule has 1 aromatic rings. The van der Waals surface area contributed by atoms with Crippen molar-refractivity contribution in [2.75, 3.05) is 20.1 Å². The molecule has 1 rings (SSSR count). The molecule has 1 unspecified atom stereocenters. The highest BCUT2D eigenvalue weighted by Crippen LogP contribution is 1.91. The number of hydrogen-bond acceptors (Lipinski definition) is 4. The Hall–Kier alpha value is -1.43. The summed E-state index contributed by atoms with van der Waals surface area (Å²) in [7, 11) is 1.91. The Kier molecular flexibility index (Phi) is 5.49. The van der Waals surface area contributed by atoms with Crippen LogP contribution in [0.15, 0.2) is 12.4 Å². The van der Waals surface area contributed by atoms with E-state index in [9.17, 15) is 4.79 Å². The Morgan fingerprint density at radius 2 is 2.31 bits per heavy atom. The van der Waals surface area contributed by atoms with E-state index in [0.29, 0.717) is 25.4 Å². The largest absolute Gasteiger partial charge is 0.356 e. The molecule has 1 aromatic heterocycles. The fraction of sp³-hybridized carbons (Fsp3) is 0.700. The van der Waals surface area contributed by atoms with Crippen LogP contribution in [-0.2, 0) is 11.3 Å². The zero-order valence-corrected chi connectivity index (χ0v) is 9.81. The number of hydrogen-bond donors (Lipinski definition) is 2. The molecule has 1 heterocycles. The predicted molar refractivity (Wildman–Crippen MR) is 60.7 cm³/mol. The summed E-state index contributed by atoms with van der Waals surface area (Å²) in [6.07, 6.45) is 3.79. The van der Waals surface area contributed by atoms with Crippen molar-refractivity contribution in [3.63, 3.8) is 0 Å². The molecule has 1 atom stereocenters. The predicted octanol–water partition coefficient (Wildman–Crippen LogP) is -0.360. The van der Waals surface area contributed by atoms with Gasteiger partial charge in [-0.15, -0.1) is 5.10 Å². The summed E-state index contributed by atoms with van der Waals surface area (Å²) >= 11 is 0. The van der Waals surface area contributed by atoms with Crippen molar-refractivity contribution in [1.29, 1.82) is 0 Å². The quantitative estimate of drug-likeness (QED) is 0.665. The number of nitrogens with zero attached hydrogens (tertiary/aromatic N) is 3. The van der Waals surface area contributed by atoms with Gasteiger partial charge in [0.25, 0.3) is 0 Å². The molecule has 0 radical (unpaired) electrons. The van der Waals surface area contributed by atoms with Crippen molar-refractivity contribution >= 4 is 5.91 Å². The summed E-state index contributed by atoms with van der Waals surface area (Å²) in [5.74, 6) is 0.499. The second-order valence-corrected chi connectivity index (χ2v) is 3.88. The zero-order valence-electron chi connectivity index (χ0n) is 9.81. The molecule has 0 aliphatic rings. The normalized spacial score (nSPS) is 12.4. The molecule has 0 spiro atoms. The van der Waals surface area contributed by atoms with Gasteiger partial charge in [0.1, 0.15) is 0 Å². The summed E-state index contributed by atoms with van der Waals surface area (Å²) < 4.78 is 1.65. The van der Waals surface area contributed by atoms with Gasteiger partial charge in [-0.25, -0.2) is 0 Å². The Morgan fingerprint density at radius 1 is 1.50 bits per heavy atom. The van der Waals surface area contributed by atoms with E-state index in [4.69, 9.17) is 0 Å². The Labute approximate surface area is 95.4 Å². The first kappa shape index (κ1) is 12.6. The van der Waals surface area contributed by atoms with Gasteiger partial charge in [-0.2, -0.15) is 0 Å². The molecule has 0 aliphatic heterocycles.